The van der Waals surface area contributed by atoms with Crippen LogP contribution < -0.4 is 16.0 Å². The molecule has 1 amide bonds. The molecule has 0 saturated carbocycles. The maximum atomic E-state index is 12.6. The molecular weight excluding hydrogens is 379 g/mol. The van der Waals surface area contributed by atoms with Crippen LogP contribution in [0.5, 0.6) is 0 Å². The Labute approximate surface area is 164 Å². The summed E-state index contributed by atoms with van der Waals surface area (Å²) in [6.07, 6.45) is 1.98. The summed E-state index contributed by atoms with van der Waals surface area (Å²) < 4.78 is 0. The molecule has 8 heteroatoms. The number of aromatic nitrogens is 1. The molecule has 2 heterocycles. The Morgan fingerprint density at radius 3 is 2.72 bits per heavy atom. The number of fused-ring (bicyclic) bond motifs is 1. The fourth-order valence-electron chi connectivity index (χ4n) is 2.96. The number of benzene rings is 1. The number of nitrogens with zero attached hydrogens (tertiary/aromatic N) is 2. The molecule has 2 aromatic rings. The summed E-state index contributed by atoms with van der Waals surface area (Å²) in [4.78, 5) is 20.3. The van der Waals surface area contributed by atoms with E-state index in [0.29, 0.717) is 5.13 Å². The first-order valence-electron chi connectivity index (χ1n) is 7.86. The van der Waals surface area contributed by atoms with Crippen LogP contribution >= 0.6 is 36.2 Å². The summed E-state index contributed by atoms with van der Waals surface area (Å²) in [6, 6.07) is 5.66. The van der Waals surface area contributed by atoms with Gasteiger partial charge in [0.25, 0.3) is 0 Å². The number of aryl methyl sites for hydroxylation is 2. The van der Waals surface area contributed by atoms with Crippen molar-refractivity contribution in [3.05, 3.63) is 34.3 Å². The normalized spacial score (nSPS) is 14.0. The van der Waals surface area contributed by atoms with E-state index in [1.165, 1.54) is 11.3 Å². The Morgan fingerprint density at radius 2 is 2.08 bits per heavy atom. The molecule has 1 unspecified atom stereocenters. The minimum Gasteiger partial charge on any atom is -0.398 e. The minimum absolute atomic E-state index is 0. The van der Waals surface area contributed by atoms with Crippen LogP contribution in [0.15, 0.2) is 18.2 Å². The summed E-state index contributed by atoms with van der Waals surface area (Å²) in [5.74, 6) is -0.0333. The molecular formula is C17H24Cl2N4OS. The van der Waals surface area contributed by atoms with Crippen LogP contribution in [0.3, 0.4) is 0 Å². The highest BCUT2D eigenvalue weighted by Crippen LogP contribution is 2.32. The molecule has 0 saturated heterocycles. The predicted molar refractivity (Wildman–Crippen MR) is 111 cm³/mol. The second kappa shape index (κ2) is 8.74. The number of rotatable bonds is 3. The van der Waals surface area contributed by atoms with Gasteiger partial charge < -0.3 is 16.0 Å². The zero-order chi connectivity index (χ0) is 16.6. The Hall–Kier alpha value is -1.50. The molecule has 0 spiro atoms. The number of nitrogens with one attached hydrogen (secondary N) is 1. The number of anilines is 3. The molecule has 0 radical (unpaired) electrons. The fourth-order valence-corrected chi connectivity index (χ4v) is 3.78. The van der Waals surface area contributed by atoms with E-state index < -0.39 is 0 Å². The molecule has 0 fully saturated rings. The predicted octanol–water partition coefficient (Wildman–Crippen LogP) is 3.97. The molecule has 3 rings (SSSR count). The van der Waals surface area contributed by atoms with Gasteiger partial charge in [-0.05, 0) is 51.3 Å². The fraction of sp³-hybridized carbons (Fsp3) is 0.412. The third-order valence-electron chi connectivity index (χ3n) is 4.43. The number of carbonyl (C=O) groups excluding carboxylic acids is 1. The first kappa shape index (κ1) is 21.5. The van der Waals surface area contributed by atoms with Gasteiger partial charge in [-0.25, -0.2) is 4.98 Å². The number of hydrogen-bond donors (Lipinski definition) is 2. The lowest BCUT2D eigenvalue weighted by Crippen LogP contribution is -2.44. The molecule has 0 bridgehead atoms. The maximum absolute atomic E-state index is 12.6. The van der Waals surface area contributed by atoms with Crippen molar-refractivity contribution < 1.29 is 4.79 Å². The first-order valence-corrected chi connectivity index (χ1v) is 8.68. The van der Waals surface area contributed by atoms with Crippen molar-refractivity contribution in [2.45, 2.75) is 39.7 Å². The Balaban J connectivity index is 0.00000156. The third kappa shape index (κ3) is 4.37. The Kier molecular flexibility index (Phi) is 7.53. The highest BCUT2D eigenvalue weighted by atomic mass is 35.5. The summed E-state index contributed by atoms with van der Waals surface area (Å²) in [7, 11) is 0. The smallest absolute Gasteiger partial charge is 0.248 e. The monoisotopic (exact) mass is 402 g/mol. The van der Waals surface area contributed by atoms with Gasteiger partial charge in [-0.15, -0.1) is 36.2 Å². The second-order valence-electron chi connectivity index (χ2n) is 5.97. The van der Waals surface area contributed by atoms with Gasteiger partial charge in [0.1, 0.15) is 6.04 Å². The van der Waals surface area contributed by atoms with Crippen molar-refractivity contribution in [3.8, 4) is 0 Å². The second-order valence-corrected chi connectivity index (χ2v) is 7.17. The van der Waals surface area contributed by atoms with Gasteiger partial charge in [-0.3, -0.25) is 4.79 Å². The van der Waals surface area contributed by atoms with Crippen LogP contribution in [0.4, 0.5) is 16.5 Å². The van der Waals surface area contributed by atoms with Gasteiger partial charge >= 0.3 is 0 Å². The van der Waals surface area contributed by atoms with Crippen LogP contribution in [-0.4, -0.2) is 23.5 Å². The molecule has 1 aliphatic heterocycles. The molecule has 1 aromatic heterocycles. The van der Waals surface area contributed by atoms with E-state index in [1.807, 2.05) is 39.0 Å². The lowest BCUT2D eigenvalue weighted by molar-refractivity contribution is -0.117. The van der Waals surface area contributed by atoms with Gasteiger partial charge in [-0.2, -0.15) is 0 Å². The standard InChI is InChI=1S/C17H22N4OS.2ClH/c1-10-12(3)23-17(19-10)20-16(22)11(2)21-9-5-6-13-14(18)7-4-8-15(13)21;;/h4,7-8,11H,5-6,9,18H2,1-3H3,(H,19,20,22);2*1H. The highest BCUT2D eigenvalue weighted by molar-refractivity contribution is 7.15. The number of nitrogens with two attached hydrogens (primary N) is 1. The SMILES string of the molecule is Cc1nc(NC(=O)C(C)N2CCCc3c(N)cccc32)sc1C.Cl.Cl. The zero-order valence-corrected chi connectivity index (χ0v) is 17.0. The summed E-state index contributed by atoms with van der Waals surface area (Å²) in [5.41, 5.74) is 10.1. The number of thiazole rings is 1. The summed E-state index contributed by atoms with van der Waals surface area (Å²) in [6.45, 7) is 6.76. The van der Waals surface area contributed by atoms with Crippen molar-refractivity contribution >= 4 is 58.6 Å². The van der Waals surface area contributed by atoms with Crippen molar-refractivity contribution in [3.63, 3.8) is 0 Å². The van der Waals surface area contributed by atoms with E-state index in [9.17, 15) is 4.79 Å². The van der Waals surface area contributed by atoms with Gasteiger partial charge in [0.05, 0.1) is 5.69 Å². The van der Waals surface area contributed by atoms with Gasteiger partial charge in [0.2, 0.25) is 5.91 Å². The average molecular weight is 403 g/mol. The zero-order valence-electron chi connectivity index (χ0n) is 14.5. The third-order valence-corrected chi connectivity index (χ3v) is 5.42. The number of nitrogen functional groups attached to an aromatic ring is 1. The number of amides is 1. The molecule has 1 atom stereocenters. The van der Waals surface area contributed by atoms with Crippen molar-refractivity contribution in [1.82, 2.24) is 4.98 Å². The quantitative estimate of drug-likeness (QED) is 0.761. The van der Waals surface area contributed by atoms with Gasteiger partial charge in [0.15, 0.2) is 5.13 Å². The number of hydrogen-bond acceptors (Lipinski definition) is 5. The van der Waals surface area contributed by atoms with Crippen molar-refractivity contribution in [2.24, 2.45) is 0 Å². The van der Waals surface area contributed by atoms with Crippen LogP contribution in [0.2, 0.25) is 0 Å². The first-order chi connectivity index (χ1) is 11.0. The molecule has 3 N–H and O–H groups in total. The van der Waals surface area contributed by atoms with Crippen LogP contribution in [0.1, 0.15) is 29.5 Å². The highest BCUT2D eigenvalue weighted by Gasteiger charge is 2.27. The molecule has 1 aliphatic rings. The number of halogens is 2. The molecule has 138 valence electrons. The van der Waals surface area contributed by atoms with Gasteiger partial charge in [0, 0.05) is 22.8 Å². The van der Waals surface area contributed by atoms with Crippen molar-refractivity contribution in [2.75, 3.05) is 22.5 Å². The minimum atomic E-state index is -0.264. The summed E-state index contributed by atoms with van der Waals surface area (Å²) in [5, 5.41) is 3.61. The lowest BCUT2D eigenvalue weighted by Gasteiger charge is -2.35. The largest absolute Gasteiger partial charge is 0.398 e. The van der Waals surface area contributed by atoms with Crippen LogP contribution in [0.25, 0.3) is 0 Å². The van der Waals surface area contributed by atoms with E-state index in [0.717, 1.165) is 46.9 Å². The van der Waals surface area contributed by atoms with Gasteiger partial charge in [-0.1, -0.05) is 6.07 Å². The maximum Gasteiger partial charge on any atom is 0.248 e. The van der Waals surface area contributed by atoms with E-state index in [1.54, 1.807) is 0 Å². The lowest BCUT2D eigenvalue weighted by atomic mass is 9.98. The van der Waals surface area contributed by atoms with E-state index >= 15 is 0 Å². The van der Waals surface area contributed by atoms with Crippen LogP contribution in [-0.2, 0) is 11.2 Å². The van der Waals surface area contributed by atoms with Crippen LogP contribution in [0, 0.1) is 13.8 Å². The molecule has 0 aliphatic carbocycles. The number of carbonyl (C=O) groups is 1. The molecule has 1 aromatic carbocycles. The average Bonchev–Trinajstić information content (AvgIpc) is 2.84. The Morgan fingerprint density at radius 1 is 1.36 bits per heavy atom. The van der Waals surface area contributed by atoms with E-state index in [2.05, 4.69) is 15.2 Å². The molecule has 25 heavy (non-hydrogen) atoms. The van der Waals surface area contributed by atoms with E-state index in [-0.39, 0.29) is 36.8 Å². The van der Waals surface area contributed by atoms with E-state index in [4.69, 9.17) is 5.73 Å². The Bertz CT molecular complexity index is 731. The van der Waals surface area contributed by atoms with Crippen molar-refractivity contribution in [1.29, 1.82) is 0 Å². The summed E-state index contributed by atoms with van der Waals surface area (Å²) >= 11 is 1.51. The molecule has 5 nitrogen and oxygen atoms in total. The topological polar surface area (TPSA) is 71.2 Å².